The average Bonchev–Trinajstić information content (AvgIpc) is 3.05. The fraction of sp³-hybridized carbons (Fsp3) is 0.357. The van der Waals surface area contributed by atoms with Gasteiger partial charge in [-0.05, 0) is 26.0 Å². The van der Waals surface area contributed by atoms with Crippen molar-refractivity contribution in [2.45, 2.75) is 13.8 Å². The molecule has 0 saturated heterocycles. The van der Waals surface area contributed by atoms with Crippen molar-refractivity contribution in [3.63, 3.8) is 0 Å². The third-order valence-electron chi connectivity index (χ3n) is 3.29. The normalized spacial score (nSPS) is 11.7. The first-order valence-corrected chi connectivity index (χ1v) is 6.91. The Hall–Kier alpha value is -2.77. The van der Waals surface area contributed by atoms with Crippen LogP contribution in [0.25, 0.3) is 17.8 Å². The van der Waals surface area contributed by atoms with E-state index in [0.29, 0.717) is 11.8 Å². The smallest absolute Gasteiger partial charge is 0.244 e. The quantitative estimate of drug-likeness (QED) is 0.721. The topological polar surface area (TPSA) is 77.0 Å². The molecule has 0 aliphatic heterocycles. The summed E-state index contributed by atoms with van der Waals surface area (Å²) in [6, 6.07) is 0. The first-order chi connectivity index (χ1) is 10.5. The second-order valence-corrected chi connectivity index (χ2v) is 5.31. The maximum atomic E-state index is 4.49. The summed E-state index contributed by atoms with van der Waals surface area (Å²) in [4.78, 5) is 15.1. The highest BCUT2D eigenvalue weighted by Crippen LogP contribution is 2.11. The van der Waals surface area contributed by atoms with Crippen molar-refractivity contribution in [3.05, 3.63) is 29.2 Å². The lowest BCUT2D eigenvalue weighted by atomic mass is 10.4. The number of rotatable bonds is 3. The summed E-state index contributed by atoms with van der Waals surface area (Å²) in [5.74, 6) is 2.03. The summed E-state index contributed by atoms with van der Waals surface area (Å²) in [5.41, 5.74) is 2.57. The largest absolute Gasteiger partial charge is 0.346 e. The van der Waals surface area contributed by atoms with Crippen molar-refractivity contribution in [2.75, 3.05) is 19.0 Å². The Kier molecular flexibility index (Phi) is 3.36. The second kappa shape index (κ2) is 5.21. The number of aromatic nitrogens is 7. The van der Waals surface area contributed by atoms with Gasteiger partial charge in [-0.3, -0.25) is 4.98 Å². The molecule has 8 nitrogen and oxygen atoms in total. The number of nitrogens with zero attached hydrogens (tertiary/aromatic N) is 8. The molecule has 3 aromatic rings. The molecule has 0 aromatic carbocycles. The van der Waals surface area contributed by atoms with Gasteiger partial charge in [-0.1, -0.05) is 0 Å². The molecule has 8 heteroatoms. The van der Waals surface area contributed by atoms with Gasteiger partial charge in [0.15, 0.2) is 17.3 Å². The van der Waals surface area contributed by atoms with E-state index in [1.54, 1.807) is 15.4 Å². The minimum absolute atomic E-state index is 0.619. The number of hydrogen-bond acceptors (Lipinski definition) is 6. The number of hydrogen-bond donors (Lipinski definition) is 0. The maximum absolute atomic E-state index is 4.49. The molecular weight excluding hydrogens is 280 g/mol. The number of anilines is 1. The van der Waals surface area contributed by atoms with Crippen LogP contribution < -0.4 is 4.90 Å². The Balaban J connectivity index is 1.96. The molecular formula is C14H18N8. The van der Waals surface area contributed by atoms with E-state index < -0.39 is 0 Å². The van der Waals surface area contributed by atoms with Crippen LogP contribution in [-0.4, -0.2) is 48.4 Å². The summed E-state index contributed by atoms with van der Waals surface area (Å²) in [6.07, 6.45) is 5.47. The summed E-state index contributed by atoms with van der Waals surface area (Å²) >= 11 is 0. The van der Waals surface area contributed by atoms with E-state index in [1.165, 1.54) is 0 Å². The lowest BCUT2D eigenvalue weighted by Crippen LogP contribution is -2.10. The fourth-order valence-corrected chi connectivity index (χ4v) is 2.05. The highest BCUT2D eigenvalue weighted by Gasteiger charge is 2.08. The van der Waals surface area contributed by atoms with Gasteiger partial charge in [-0.2, -0.15) is 4.98 Å². The molecule has 0 radical (unpaired) electrons. The third kappa shape index (κ3) is 2.43. The molecule has 3 rings (SSSR count). The summed E-state index contributed by atoms with van der Waals surface area (Å²) in [6.45, 7) is 3.87. The molecule has 0 N–H and O–H groups in total. The summed E-state index contributed by atoms with van der Waals surface area (Å²) in [5, 5.41) is 8.79. The van der Waals surface area contributed by atoms with Gasteiger partial charge in [-0.15, -0.1) is 10.2 Å². The molecule has 0 spiro atoms. The van der Waals surface area contributed by atoms with E-state index in [-0.39, 0.29) is 0 Å². The lowest BCUT2D eigenvalue weighted by Gasteiger charge is -2.03. The van der Waals surface area contributed by atoms with Crippen LogP contribution in [0.3, 0.4) is 0 Å². The lowest BCUT2D eigenvalue weighted by molar-refractivity contribution is 0.753. The molecule has 0 saturated carbocycles. The average molecular weight is 298 g/mol. The van der Waals surface area contributed by atoms with Crippen molar-refractivity contribution in [1.29, 1.82) is 0 Å². The van der Waals surface area contributed by atoms with Crippen LogP contribution in [0.15, 0.2) is 6.20 Å². The first kappa shape index (κ1) is 14.2. The van der Waals surface area contributed by atoms with E-state index in [0.717, 1.165) is 22.9 Å². The van der Waals surface area contributed by atoms with Gasteiger partial charge in [0.2, 0.25) is 5.95 Å². The maximum Gasteiger partial charge on any atom is 0.244 e. The second-order valence-electron chi connectivity index (χ2n) is 5.31. The molecule has 0 aliphatic rings. The van der Waals surface area contributed by atoms with Crippen LogP contribution in [0.1, 0.15) is 23.0 Å². The first-order valence-electron chi connectivity index (χ1n) is 6.91. The van der Waals surface area contributed by atoms with E-state index in [4.69, 9.17) is 0 Å². The zero-order valence-electron chi connectivity index (χ0n) is 13.3. The zero-order valence-corrected chi connectivity index (χ0v) is 13.3. The summed E-state index contributed by atoms with van der Waals surface area (Å²) < 4.78 is 3.52. The van der Waals surface area contributed by atoms with Crippen LogP contribution >= 0.6 is 0 Å². The molecule has 3 aromatic heterocycles. The van der Waals surface area contributed by atoms with Gasteiger partial charge >= 0.3 is 0 Å². The predicted molar refractivity (Wildman–Crippen MR) is 84.5 cm³/mol. The van der Waals surface area contributed by atoms with Crippen molar-refractivity contribution >= 4 is 23.7 Å². The fourth-order valence-electron chi connectivity index (χ4n) is 2.05. The van der Waals surface area contributed by atoms with Crippen LogP contribution in [0, 0.1) is 13.8 Å². The van der Waals surface area contributed by atoms with Crippen LogP contribution in [0.5, 0.6) is 0 Å². The Morgan fingerprint density at radius 2 is 1.86 bits per heavy atom. The minimum atomic E-state index is 0.619. The van der Waals surface area contributed by atoms with Gasteiger partial charge in [-0.25, -0.2) is 14.2 Å². The molecule has 22 heavy (non-hydrogen) atoms. The SMILES string of the molecule is Cc1ncc(C)n2nc(/C=C/c3nc(N(C)C)nn3C)nc12. The molecule has 114 valence electrons. The molecule has 0 bridgehead atoms. The molecule has 0 aliphatic carbocycles. The molecule has 0 fully saturated rings. The monoisotopic (exact) mass is 298 g/mol. The Bertz CT molecular complexity index is 816. The molecule has 0 amide bonds. The van der Waals surface area contributed by atoms with E-state index in [1.807, 2.05) is 52.0 Å². The van der Waals surface area contributed by atoms with Gasteiger partial charge in [0, 0.05) is 27.3 Å². The van der Waals surface area contributed by atoms with Crippen LogP contribution in [0.4, 0.5) is 5.95 Å². The van der Waals surface area contributed by atoms with Gasteiger partial charge in [0.25, 0.3) is 0 Å². The Labute approximate surface area is 128 Å². The van der Waals surface area contributed by atoms with Crippen LogP contribution in [0.2, 0.25) is 0 Å². The van der Waals surface area contributed by atoms with Crippen LogP contribution in [-0.2, 0) is 7.05 Å². The van der Waals surface area contributed by atoms with Gasteiger partial charge in [0.05, 0.1) is 11.4 Å². The highest BCUT2D eigenvalue weighted by molar-refractivity contribution is 5.64. The molecule has 0 unspecified atom stereocenters. The molecule has 0 atom stereocenters. The van der Waals surface area contributed by atoms with Crippen molar-refractivity contribution < 1.29 is 0 Å². The predicted octanol–water partition coefficient (Wildman–Crippen LogP) is 1.11. The van der Waals surface area contributed by atoms with E-state index in [9.17, 15) is 0 Å². The van der Waals surface area contributed by atoms with Crippen molar-refractivity contribution in [1.82, 2.24) is 34.3 Å². The van der Waals surface area contributed by atoms with Gasteiger partial charge in [0.1, 0.15) is 0 Å². The van der Waals surface area contributed by atoms with E-state index >= 15 is 0 Å². The van der Waals surface area contributed by atoms with E-state index in [2.05, 4.69) is 25.1 Å². The number of fused-ring (bicyclic) bond motifs is 1. The molecule has 3 heterocycles. The Morgan fingerprint density at radius 3 is 2.50 bits per heavy atom. The van der Waals surface area contributed by atoms with Crippen molar-refractivity contribution in [2.24, 2.45) is 7.05 Å². The standard InChI is InChI=1S/C14H18N8/c1-9-8-15-10(2)13-16-11(18-22(9)13)6-7-12-17-14(20(3)4)19-21(12)5/h6-8H,1-5H3/b7-6+. The van der Waals surface area contributed by atoms with Crippen molar-refractivity contribution in [3.8, 4) is 0 Å². The highest BCUT2D eigenvalue weighted by atomic mass is 15.4. The number of aryl methyl sites for hydroxylation is 3. The third-order valence-corrected chi connectivity index (χ3v) is 3.29. The zero-order chi connectivity index (χ0) is 15.9. The summed E-state index contributed by atoms with van der Waals surface area (Å²) in [7, 11) is 5.67. The Morgan fingerprint density at radius 1 is 1.09 bits per heavy atom. The minimum Gasteiger partial charge on any atom is -0.346 e. The van der Waals surface area contributed by atoms with Gasteiger partial charge < -0.3 is 4.90 Å².